The molecule has 6 nitrogen and oxygen atoms in total. The zero-order chi connectivity index (χ0) is 20.9. The lowest BCUT2D eigenvalue weighted by molar-refractivity contribution is -0.121. The Hall–Kier alpha value is -2.08. The van der Waals surface area contributed by atoms with Crippen molar-refractivity contribution in [1.82, 2.24) is 15.1 Å². The molecule has 1 aromatic carbocycles. The third-order valence-corrected chi connectivity index (χ3v) is 7.10. The summed E-state index contributed by atoms with van der Waals surface area (Å²) in [5, 5.41) is 3.11. The molecule has 0 radical (unpaired) electrons. The van der Waals surface area contributed by atoms with E-state index in [4.69, 9.17) is 0 Å². The van der Waals surface area contributed by atoms with Crippen molar-refractivity contribution in [2.45, 2.75) is 64.0 Å². The van der Waals surface area contributed by atoms with Gasteiger partial charge in [0.15, 0.2) is 0 Å². The van der Waals surface area contributed by atoms with Crippen LogP contribution < -0.4 is 10.2 Å². The van der Waals surface area contributed by atoms with Crippen molar-refractivity contribution in [1.29, 1.82) is 0 Å². The number of amides is 2. The Morgan fingerprint density at radius 1 is 0.933 bits per heavy atom. The van der Waals surface area contributed by atoms with Crippen LogP contribution in [0.5, 0.6) is 0 Å². The molecule has 1 aliphatic carbocycles. The quantitative estimate of drug-likeness (QED) is 0.808. The van der Waals surface area contributed by atoms with Gasteiger partial charge in [-0.2, -0.15) is 0 Å². The van der Waals surface area contributed by atoms with Gasteiger partial charge < -0.3 is 15.1 Å². The highest BCUT2D eigenvalue weighted by atomic mass is 16.2. The minimum atomic E-state index is 0.126. The van der Waals surface area contributed by atoms with Crippen LogP contribution in [0.15, 0.2) is 24.3 Å². The highest BCUT2D eigenvalue weighted by Crippen LogP contribution is 2.27. The number of piperidine rings is 1. The highest BCUT2D eigenvalue weighted by molar-refractivity contribution is 6.00. The molecule has 0 unspecified atom stereocenters. The molecular formula is C24H36N4O2. The van der Waals surface area contributed by atoms with Crippen LogP contribution in [-0.2, 0) is 4.79 Å². The molecule has 3 aliphatic rings. The molecule has 0 aromatic heterocycles. The number of piperazine rings is 1. The van der Waals surface area contributed by atoms with Crippen LogP contribution in [0.4, 0.5) is 5.69 Å². The van der Waals surface area contributed by atoms with Crippen LogP contribution in [-0.4, -0.2) is 73.0 Å². The highest BCUT2D eigenvalue weighted by Gasteiger charge is 2.30. The molecule has 3 fully saturated rings. The van der Waals surface area contributed by atoms with E-state index in [0.717, 1.165) is 69.4 Å². The first-order valence-electron chi connectivity index (χ1n) is 11.8. The van der Waals surface area contributed by atoms with Gasteiger partial charge in [0.2, 0.25) is 5.91 Å². The average Bonchev–Trinajstić information content (AvgIpc) is 3.34. The average molecular weight is 413 g/mol. The van der Waals surface area contributed by atoms with E-state index in [9.17, 15) is 9.59 Å². The first-order valence-corrected chi connectivity index (χ1v) is 11.8. The summed E-state index contributed by atoms with van der Waals surface area (Å²) in [7, 11) is 0. The van der Waals surface area contributed by atoms with Crippen molar-refractivity contribution < 1.29 is 9.59 Å². The zero-order valence-corrected chi connectivity index (χ0v) is 18.3. The molecule has 2 heterocycles. The SMILES string of the molecule is CCC(=O)NC1CCN(c2ccccc2C(=O)N2CCN(C3CCCC3)CC2)CC1. The molecule has 1 aromatic rings. The number of hydrogen-bond donors (Lipinski definition) is 1. The van der Waals surface area contributed by atoms with Crippen LogP contribution >= 0.6 is 0 Å². The standard InChI is InChI=1S/C24H36N4O2/c1-2-23(29)25-19-11-13-27(14-12-19)22-10-6-5-9-21(22)24(30)28-17-15-26(16-18-28)20-7-3-4-8-20/h5-6,9-10,19-20H,2-4,7-8,11-18H2,1H3,(H,25,29). The van der Waals surface area contributed by atoms with Gasteiger partial charge >= 0.3 is 0 Å². The van der Waals surface area contributed by atoms with Gasteiger partial charge in [0.05, 0.1) is 5.56 Å². The smallest absolute Gasteiger partial charge is 0.256 e. The van der Waals surface area contributed by atoms with Crippen LogP contribution in [0.3, 0.4) is 0 Å². The van der Waals surface area contributed by atoms with Crippen LogP contribution in [0.25, 0.3) is 0 Å². The fourth-order valence-corrected chi connectivity index (χ4v) is 5.25. The summed E-state index contributed by atoms with van der Waals surface area (Å²) in [6.45, 7) is 7.29. The van der Waals surface area contributed by atoms with Gasteiger partial charge in [-0.05, 0) is 37.8 Å². The van der Waals surface area contributed by atoms with Gasteiger partial charge in [0, 0.05) is 63.5 Å². The molecule has 1 saturated carbocycles. The van der Waals surface area contributed by atoms with E-state index in [1.807, 2.05) is 30.0 Å². The number of rotatable bonds is 5. The lowest BCUT2D eigenvalue weighted by atomic mass is 10.0. The second kappa shape index (κ2) is 9.82. The number of nitrogens with zero attached hydrogens (tertiary/aromatic N) is 3. The predicted molar refractivity (Wildman–Crippen MR) is 120 cm³/mol. The largest absolute Gasteiger partial charge is 0.371 e. The van der Waals surface area contributed by atoms with Crippen molar-refractivity contribution >= 4 is 17.5 Å². The monoisotopic (exact) mass is 412 g/mol. The van der Waals surface area contributed by atoms with Crippen LogP contribution in [0.2, 0.25) is 0 Å². The third-order valence-electron chi connectivity index (χ3n) is 7.10. The van der Waals surface area contributed by atoms with E-state index in [0.29, 0.717) is 6.42 Å². The summed E-state index contributed by atoms with van der Waals surface area (Å²) in [4.78, 5) is 32.0. The zero-order valence-electron chi connectivity index (χ0n) is 18.3. The summed E-state index contributed by atoms with van der Waals surface area (Å²) in [6.07, 6.45) is 7.75. The van der Waals surface area contributed by atoms with E-state index in [1.165, 1.54) is 25.7 Å². The third kappa shape index (κ3) is 4.80. The Balaban J connectivity index is 1.36. The van der Waals surface area contributed by atoms with Gasteiger partial charge in [0.25, 0.3) is 5.91 Å². The molecule has 30 heavy (non-hydrogen) atoms. The lowest BCUT2D eigenvalue weighted by Gasteiger charge is -2.39. The summed E-state index contributed by atoms with van der Waals surface area (Å²) in [6, 6.07) is 9.04. The number of para-hydroxylation sites is 1. The van der Waals surface area contributed by atoms with E-state index >= 15 is 0 Å². The summed E-state index contributed by atoms with van der Waals surface area (Å²) >= 11 is 0. The Morgan fingerprint density at radius 2 is 1.60 bits per heavy atom. The molecule has 1 N–H and O–H groups in total. The molecule has 164 valence electrons. The molecule has 0 atom stereocenters. The van der Waals surface area contributed by atoms with Crippen LogP contribution in [0, 0.1) is 0 Å². The summed E-state index contributed by atoms with van der Waals surface area (Å²) in [5.41, 5.74) is 1.86. The first kappa shape index (κ1) is 21.2. The number of carbonyl (C=O) groups is 2. The lowest BCUT2D eigenvalue weighted by Crippen LogP contribution is -2.51. The van der Waals surface area contributed by atoms with Gasteiger partial charge in [-0.1, -0.05) is 31.9 Å². The van der Waals surface area contributed by atoms with Gasteiger partial charge in [-0.3, -0.25) is 14.5 Å². The summed E-state index contributed by atoms with van der Waals surface area (Å²) < 4.78 is 0. The van der Waals surface area contributed by atoms with Crippen molar-refractivity contribution in [3.05, 3.63) is 29.8 Å². The fraction of sp³-hybridized carbons (Fsp3) is 0.667. The normalized spacial score (nSPS) is 21.8. The van der Waals surface area contributed by atoms with Gasteiger partial charge in [0.1, 0.15) is 0 Å². The molecule has 2 aliphatic heterocycles. The fourth-order valence-electron chi connectivity index (χ4n) is 5.25. The number of carbonyl (C=O) groups excluding carboxylic acids is 2. The number of nitrogens with one attached hydrogen (secondary N) is 1. The molecule has 2 amide bonds. The Kier molecular flexibility index (Phi) is 6.93. The Morgan fingerprint density at radius 3 is 2.27 bits per heavy atom. The molecule has 6 heteroatoms. The molecule has 4 rings (SSSR count). The second-order valence-corrected chi connectivity index (χ2v) is 8.97. The van der Waals surface area contributed by atoms with Crippen molar-refractivity contribution in [2.24, 2.45) is 0 Å². The van der Waals surface area contributed by atoms with E-state index in [-0.39, 0.29) is 17.9 Å². The number of benzene rings is 1. The Bertz CT molecular complexity index is 730. The predicted octanol–water partition coefficient (Wildman–Crippen LogP) is 2.88. The molecule has 0 bridgehead atoms. The van der Waals surface area contributed by atoms with Crippen molar-refractivity contribution in [3.63, 3.8) is 0 Å². The minimum absolute atomic E-state index is 0.126. The van der Waals surface area contributed by atoms with E-state index in [1.54, 1.807) is 0 Å². The molecule has 2 saturated heterocycles. The summed E-state index contributed by atoms with van der Waals surface area (Å²) in [5.74, 6) is 0.291. The number of anilines is 1. The number of hydrogen-bond acceptors (Lipinski definition) is 4. The van der Waals surface area contributed by atoms with Gasteiger partial charge in [-0.25, -0.2) is 0 Å². The maximum Gasteiger partial charge on any atom is 0.256 e. The first-order chi connectivity index (χ1) is 14.7. The Labute approximate surface area is 180 Å². The minimum Gasteiger partial charge on any atom is -0.371 e. The van der Waals surface area contributed by atoms with Crippen molar-refractivity contribution in [2.75, 3.05) is 44.2 Å². The van der Waals surface area contributed by atoms with Crippen LogP contribution in [0.1, 0.15) is 62.2 Å². The topological polar surface area (TPSA) is 55.9 Å². The van der Waals surface area contributed by atoms with Gasteiger partial charge in [-0.15, -0.1) is 0 Å². The van der Waals surface area contributed by atoms with E-state index < -0.39 is 0 Å². The maximum atomic E-state index is 13.4. The molecule has 0 spiro atoms. The maximum absolute atomic E-state index is 13.4. The van der Waals surface area contributed by atoms with Crippen molar-refractivity contribution in [3.8, 4) is 0 Å². The van der Waals surface area contributed by atoms with E-state index in [2.05, 4.69) is 21.2 Å². The molecular weight excluding hydrogens is 376 g/mol. The second-order valence-electron chi connectivity index (χ2n) is 8.97.